The summed E-state index contributed by atoms with van der Waals surface area (Å²) in [6, 6.07) is 0.610. The van der Waals surface area contributed by atoms with Gasteiger partial charge in [-0.1, -0.05) is 0 Å². The second kappa shape index (κ2) is 4.75. The fourth-order valence-corrected chi connectivity index (χ4v) is 1.90. The zero-order valence-electron chi connectivity index (χ0n) is 9.25. The Morgan fingerprint density at radius 1 is 1.43 bits per heavy atom. The highest BCUT2D eigenvalue weighted by Crippen LogP contribution is 2.20. The molecule has 1 rings (SSSR count). The van der Waals surface area contributed by atoms with Crippen molar-refractivity contribution in [2.24, 2.45) is 0 Å². The third kappa shape index (κ3) is 2.69. The van der Waals surface area contributed by atoms with Crippen molar-refractivity contribution >= 4 is 6.47 Å². The van der Waals surface area contributed by atoms with Crippen LogP contribution >= 0.6 is 0 Å². The fraction of sp³-hybridized carbons (Fsp3) is 0.900. The number of nitrogens with zero attached hydrogens (tertiary/aromatic N) is 1. The van der Waals surface area contributed by atoms with Gasteiger partial charge in [-0.2, -0.15) is 0 Å². The van der Waals surface area contributed by atoms with E-state index >= 15 is 0 Å². The van der Waals surface area contributed by atoms with E-state index in [0.717, 1.165) is 25.9 Å². The summed E-state index contributed by atoms with van der Waals surface area (Å²) >= 11 is 0. The van der Waals surface area contributed by atoms with Gasteiger partial charge in [0, 0.05) is 19.1 Å². The van der Waals surface area contributed by atoms with Crippen molar-refractivity contribution in [1.29, 1.82) is 0 Å². The SMILES string of the molecule is CNC1CCN(C(C)(C)OC=O)CC1. The lowest BCUT2D eigenvalue weighted by Gasteiger charge is -2.41. The highest BCUT2D eigenvalue weighted by Gasteiger charge is 2.31. The summed E-state index contributed by atoms with van der Waals surface area (Å²) in [5.41, 5.74) is -0.458. The first kappa shape index (κ1) is 11.5. The molecule has 0 atom stereocenters. The molecule has 82 valence electrons. The lowest BCUT2D eigenvalue weighted by molar-refractivity contribution is -0.163. The molecular formula is C10H20N2O2. The Morgan fingerprint density at radius 2 is 2.00 bits per heavy atom. The maximum atomic E-state index is 10.3. The number of likely N-dealkylation sites (tertiary alicyclic amines) is 1. The predicted octanol–water partition coefficient (Wildman–Crippen LogP) is 0.579. The zero-order valence-corrected chi connectivity index (χ0v) is 9.25. The van der Waals surface area contributed by atoms with Gasteiger partial charge in [-0.05, 0) is 33.7 Å². The summed E-state index contributed by atoms with van der Waals surface area (Å²) in [4.78, 5) is 12.5. The molecule has 0 aliphatic carbocycles. The minimum Gasteiger partial charge on any atom is -0.446 e. The van der Waals surface area contributed by atoms with E-state index in [-0.39, 0.29) is 0 Å². The summed E-state index contributed by atoms with van der Waals surface area (Å²) < 4.78 is 5.06. The lowest BCUT2D eigenvalue weighted by Crippen LogP contribution is -2.52. The molecule has 0 amide bonds. The van der Waals surface area contributed by atoms with E-state index in [1.807, 2.05) is 20.9 Å². The number of piperidine rings is 1. The van der Waals surface area contributed by atoms with Gasteiger partial charge in [-0.3, -0.25) is 9.69 Å². The van der Waals surface area contributed by atoms with Crippen molar-refractivity contribution in [2.75, 3.05) is 20.1 Å². The Balaban J connectivity index is 2.44. The van der Waals surface area contributed by atoms with Crippen LogP contribution < -0.4 is 5.32 Å². The Bertz CT molecular complexity index is 187. The molecule has 0 aromatic carbocycles. The van der Waals surface area contributed by atoms with E-state index in [4.69, 9.17) is 4.74 Å². The molecule has 0 radical (unpaired) electrons. The van der Waals surface area contributed by atoms with Crippen molar-refractivity contribution in [3.05, 3.63) is 0 Å². The maximum Gasteiger partial charge on any atom is 0.294 e. The summed E-state index contributed by atoms with van der Waals surface area (Å²) in [6.45, 7) is 6.35. The van der Waals surface area contributed by atoms with Crippen LogP contribution in [0.15, 0.2) is 0 Å². The van der Waals surface area contributed by atoms with Crippen LogP contribution in [0, 0.1) is 0 Å². The van der Waals surface area contributed by atoms with E-state index in [0.29, 0.717) is 12.5 Å². The summed E-state index contributed by atoms with van der Waals surface area (Å²) in [6.07, 6.45) is 2.23. The van der Waals surface area contributed by atoms with E-state index in [1.165, 1.54) is 0 Å². The van der Waals surface area contributed by atoms with Crippen LogP contribution in [0.4, 0.5) is 0 Å². The topological polar surface area (TPSA) is 41.6 Å². The van der Waals surface area contributed by atoms with Crippen LogP contribution in [0.25, 0.3) is 0 Å². The Kier molecular flexibility index (Phi) is 3.89. The van der Waals surface area contributed by atoms with Gasteiger partial charge in [-0.25, -0.2) is 0 Å². The van der Waals surface area contributed by atoms with Crippen LogP contribution in [0.1, 0.15) is 26.7 Å². The number of hydrogen-bond donors (Lipinski definition) is 1. The molecule has 1 aliphatic heterocycles. The van der Waals surface area contributed by atoms with E-state index in [2.05, 4.69) is 10.2 Å². The van der Waals surface area contributed by atoms with Gasteiger partial charge in [-0.15, -0.1) is 0 Å². The lowest BCUT2D eigenvalue weighted by atomic mass is 10.0. The highest BCUT2D eigenvalue weighted by atomic mass is 16.6. The summed E-state index contributed by atoms with van der Waals surface area (Å²) in [5.74, 6) is 0. The Hall–Kier alpha value is -0.610. The number of carbonyl (C=O) groups is 1. The second-order valence-corrected chi connectivity index (χ2v) is 4.21. The summed E-state index contributed by atoms with van der Waals surface area (Å²) in [5, 5.41) is 3.27. The van der Waals surface area contributed by atoms with Gasteiger partial charge in [0.2, 0.25) is 0 Å². The average molecular weight is 200 g/mol. The highest BCUT2D eigenvalue weighted by molar-refractivity contribution is 5.38. The predicted molar refractivity (Wildman–Crippen MR) is 54.9 cm³/mol. The molecule has 0 aromatic heterocycles. The third-order valence-electron chi connectivity index (χ3n) is 3.00. The van der Waals surface area contributed by atoms with E-state index in [1.54, 1.807) is 0 Å². The molecule has 1 fully saturated rings. The summed E-state index contributed by atoms with van der Waals surface area (Å²) in [7, 11) is 1.99. The minimum atomic E-state index is -0.458. The van der Waals surface area contributed by atoms with Crippen LogP contribution in [-0.4, -0.2) is 43.3 Å². The van der Waals surface area contributed by atoms with Crippen LogP contribution in [0.2, 0.25) is 0 Å². The first-order valence-electron chi connectivity index (χ1n) is 5.14. The molecule has 14 heavy (non-hydrogen) atoms. The molecule has 1 aliphatic rings. The van der Waals surface area contributed by atoms with Gasteiger partial charge in [0.1, 0.15) is 0 Å². The maximum absolute atomic E-state index is 10.3. The molecular weight excluding hydrogens is 180 g/mol. The Morgan fingerprint density at radius 3 is 2.43 bits per heavy atom. The van der Waals surface area contributed by atoms with Crippen molar-refractivity contribution in [2.45, 2.75) is 38.5 Å². The molecule has 0 spiro atoms. The Labute approximate surface area is 85.6 Å². The smallest absolute Gasteiger partial charge is 0.294 e. The minimum absolute atomic E-state index is 0.458. The number of carbonyl (C=O) groups excluding carboxylic acids is 1. The standard InChI is InChI=1S/C10H20N2O2/c1-10(2,14-8-13)12-6-4-9(11-3)5-7-12/h8-9,11H,4-7H2,1-3H3. The molecule has 1 heterocycles. The normalized spacial score (nSPS) is 20.8. The molecule has 0 saturated carbocycles. The van der Waals surface area contributed by atoms with Crippen LogP contribution in [0.3, 0.4) is 0 Å². The first-order chi connectivity index (χ1) is 6.60. The zero-order chi connectivity index (χ0) is 10.6. The monoisotopic (exact) mass is 200 g/mol. The van der Waals surface area contributed by atoms with Crippen LogP contribution in [-0.2, 0) is 9.53 Å². The molecule has 0 bridgehead atoms. The van der Waals surface area contributed by atoms with Crippen molar-refractivity contribution in [3.8, 4) is 0 Å². The molecule has 4 nitrogen and oxygen atoms in total. The fourth-order valence-electron chi connectivity index (χ4n) is 1.90. The number of nitrogens with one attached hydrogen (secondary N) is 1. The van der Waals surface area contributed by atoms with Crippen molar-refractivity contribution in [1.82, 2.24) is 10.2 Å². The number of rotatable bonds is 4. The third-order valence-corrected chi connectivity index (χ3v) is 3.00. The molecule has 0 unspecified atom stereocenters. The van der Waals surface area contributed by atoms with Gasteiger partial charge in [0.05, 0.1) is 0 Å². The quantitative estimate of drug-likeness (QED) is 0.674. The molecule has 0 aromatic rings. The number of ether oxygens (including phenoxy) is 1. The van der Waals surface area contributed by atoms with Gasteiger partial charge in [0.15, 0.2) is 5.72 Å². The largest absolute Gasteiger partial charge is 0.446 e. The molecule has 1 saturated heterocycles. The van der Waals surface area contributed by atoms with Crippen molar-refractivity contribution < 1.29 is 9.53 Å². The second-order valence-electron chi connectivity index (χ2n) is 4.21. The number of hydrogen-bond acceptors (Lipinski definition) is 4. The van der Waals surface area contributed by atoms with Gasteiger partial charge < -0.3 is 10.1 Å². The van der Waals surface area contributed by atoms with Gasteiger partial charge >= 0.3 is 0 Å². The average Bonchev–Trinajstić information content (AvgIpc) is 2.18. The molecule has 1 N–H and O–H groups in total. The van der Waals surface area contributed by atoms with E-state index < -0.39 is 5.72 Å². The molecule has 4 heteroatoms. The van der Waals surface area contributed by atoms with Gasteiger partial charge in [0.25, 0.3) is 6.47 Å². The first-order valence-corrected chi connectivity index (χ1v) is 5.14. The van der Waals surface area contributed by atoms with E-state index in [9.17, 15) is 4.79 Å². The van der Waals surface area contributed by atoms with Crippen molar-refractivity contribution in [3.63, 3.8) is 0 Å². The van der Waals surface area contributed by atoms with Crippen LogP contribution in [0.5, 0.6) is 0 Å².